The Balaban J connectivity index is 0. The first-order chi connectivity index (χ1) is 6.72. The monoisotopic (exact) mass is 255 g/mol. The lowest BCUT2D eigenvalue weighted by Crippen LogP contribution is -3.00. The summed E-state index contributed by atoms with van der Waals surface area (Å²) in [6, 6.07) is 0. The minimum atomic E-state index is -1.26. The van der Waals surface area contributed by atoms with E-state index in [0.29, 0.717) is 11.0 Å². The van der Waals surface area contributed by atoms with E-state index in [0.717, 1.165) is 0 Å². The number of rotatable bonds is 7. The van der Waals surface area contributed by atoms with E-state index in [9.17, 15) is 9.59 Å². The fourth-order valence-corrected chi connectivity index (χ4v) is 0.845. The van der Waals surface area contributed by atoms with Crippen molar-refractivity contribution in [3.05, 3.63) is 0 Å². The number of halogens is 1. The SMILES string of the molecule is C[N+](C)(C)CCOC(CC(=O)O)C(=O)O.[Cl-]. The molecule has 0 radical (unpaired) electrons. The number of carbonyl (C=O) groups is 2. The summed E-state index contributed by atoms with van der Waals surface area (Å²) in [6.07, 6.45) is -1.76. The zero-order valence-electron chi connectivity index (χ0n) is 9.64. The molecule has 0 saturated heterocycles. The topological polar surface area (TPSA) is 83.8 Å². The number of carboxylic acid groups (broad SMARTS) is 2. The lowest BCUT2D eigenvalue weighted by Gasteiger charge is -2.24. The fourth-order valence-electron chi connectivity index (χ4n) is 0.845. The minimum Gasteiger partial charge on any atom is -1.00 e. The van der Waals surface area contributed by atoms with Crippen LogP contribution in [0, 0.1) is 0 Å². The summed E-state index contributed by atoms with van der Waals surface area (Å²) in [7, 11) is 5.82. The maximum atomic E-state index is 10.6. The molecule has 0 aliphatic carbocycles. The molecular formula is C9H18ClNO5. The summed E-state index contributed by atoms with van der Waals surface area (Å²) >= 11 is 0. The predicted octanol–water partition coefficient (Wildman–Crippen LogP) is -3.36. The average Bonchev–Trinajstić information content (AvgIpc) is 1.99. The van der Waals surface area contributed by atoms with Crippen LogP contribution < -0.4 is 12.4 Å². The highest BCUT2D eigenvalue weighted by Gasteiger charge is 2.22. The summed E-state index contributed by atoms with van der Waals surface area (Å²) in [6.45, 7) is 0.858. The molecule has 7 heteroatoms. The Morgan fingerprint density at radius 2 is 1.75 bits per heavy atom. The first-order valence-electron chi connectivity index (χ1n) is 4.59. The van der Waals surface area contributed by atoms with Gasteiger partial charge in [0.1, 0.15) is 6.54 Å². The highest BCUT2D eigenvalue weighted by atomic mass is 35.5. The molecule has 0 aliphatic rings. The first-order valence-corrected chi connectivity index (χ1v) is 4.59. The molecule has 0 bridgehead atoms. The van der Waals surface area contributed by atoms with Crippen LogP contribution in [0.5, 0.6) is 0 Å². The van der Waals surface area contributed by atoms with E-state index >= 15 is 0 Å². The van der Waals surface area contributed by atoms with Crippen molar-refractivity contribution in [2.24, 2.45) is 0 Å². The molecule has 96 valence electrons. The second-order valence-electron chi connectivity index (χ2n) is 4.31. The van der Waals surface area contributed by atoms with Crippen molar-refractivity contribution in [3.63, 3.8) is 0 Å². The number of carboxylic acids is 2. The maximum absolute atomic E-state index is 10.6. The average molecular weight is 256 g/mol. The van der Waals surface area contributed by atoms with Gasteiger partial charge in [-0.05, 0) is 0 Å². The normalized spacial score (nSPS) is 12.7. The van der Waals surface area contributed by atoms with Crippen LogP contribution in [0.15, 0.2) is 0 Å². The fraction of sp³-hybridized carbons (Fsp3) is 0.778. The Morgan fingerprint density at radius 3 is 2.06 bits per heavy atom. The van der Waals surface area contributed by atoms with Gasteiger partial charge in [0.25, 0.3) is 0 Å². The van der Waals surface area contributed by atoms with Crippen molar-refractivity contribution in [2.75, 3.05) is 34.3 Å². The molecule has 1 unspecified atom stereocenters. The van der Waals surface area contributed by atoms with Gasteiger partial charge in [-0.1, -0.05) is 0 Å². The van der Waals surface area contributed by atoms with Crippen LogP contribution in [0.2, 0.25) is 0 Å². The Labute approximate surface area is 101 Å². The smallest absolute Gasteiger partial charge is 0.333 e. The van der Waals surface area contributed by atoms with Crippen LogP contribution in [0.1, 0.15) is 6.42 Å². The van der Waals surface area contributed by atoms with E-state index in [1.165, 1.54) is 0 Å². The van der Waals surface area contributed by atoms with Crippen molar-refractivity contribution in [1.29, 1.82) is 0 Å². The highest BCUT2D eigenvalue weighted by Crippen LogP contribution is 2.00. The summed E-state index contributed by atoms with van der Waals surface area (Å²) in [5.74, 6) is -2.41. The van der Waals surface area contributed by atoms with Crippen LogP contribution in [0.4, 0.5) is 0 Å². The molecule has 0 heterocycles. The maximum Gasteiger partial charge on any atom is 0.333 e. The Hall–Kier alpha value is -0.850. The van der Waals surface area contributed by atoms with Gasteiger partial charge in [-0.3, -0.25) is 4.79 Å². The lowest BCUT2D eigenvalue weighted by atomic mass is 10.2. The number of nitrogens with zero attached hydrogens (tertiary/aromatic N) is 1. The number of likely N-dealkylation sites (N-methyl/N-ethyl adjacent to an activating group) is 1. The van der Waals surface area contributed by atoms with Gasteiger partial charge in [0, 0.05) is 0 Å². The summed E-state index contributed by atoms with van der Waals surface area (Å²) in [5.41, 5.74) is 0. The summed E-state index contributed by atoms with van der Waals surface area (Å²) < 4.78 is 5.63. The van der Waals surface area contributed by atoms with Crippen molar-refractivity contribution in [2.45, 2.75) is 12.5 Å². The molecule has 1 atom stereocenters. The van der Waals surface area contributed by atoms with Crippen LogP contribution >= 0.6 is 0 Å². The van der Waals surface area contributed by atoms with Crippen LogP contribution in [-0.4, -0.2) is 67.0 Å². The van der Waals surface area contributed by atoms with Gasteiger partial charge in [0.15, 0.2) is 6.10 Å². The zero-order valence-corrected chi connectivity index (χ0v) is 10.4. The van der Waals surface area contributed by atoms with Crippen molar-refractivity contribution < 1.29 is 41.4 Å². The van der Waals surface area contributed by atoms with Gasteiger partial charge in [-0.25, -0.2) is 4.79 Å². The molecular weight excluding hydrogens is 238 g/mol. The molecule has 0 rings (SSSR count). The molecule has 16 heavy (non-hydrogen) atoms. The third-order valence-electron chi connectivity index (χ3n) is 1.72. The molecule has 2 N–H and O–H groups in total. The molecule has 0 aliphatic heterocycles. The molecule has 0 amide bonds. The van der Waals surface area contributed by atoms with E-state index in [1.807, 2.05) is 21.1 Å². The predicted molar refractivity (Wildman–Crippen MR) is 52.5 cm³/mol. The standard InChI is InChI=1S/C9H17NO5.ClH/c1-10(2,3)4-5-15-7(9(13)14)6-8(11)12;/h7H,4-6H2,1-3H3,(H-,11,12,13,14);1H. The second kappa shape index (κ2) is 7.43. The highest BCUT2D eigenvalue weighted by molar-refractivity contribution is 5.79. The third-order valence-corrected chi connectivity index (χ3v) is 1.72. The summed E-state index contributed by atoms with van der Waals surface area (Å²) in [4.78, 5) is 20.9. The van der Waals surface area contributed by atoms with E-state index in [1.54, 1.807) is 0 Å². The van der Waals surface area contributed by atoms with Gasteiger partial charge < -0.3 is 31.8 Å². The quantitative estimate of drug-likeness (QED) is 0.465. The van der Waals surface area contributed by atoms with Gasteiger partial charge in [0.2, 0.25) is 0 Å². The number of aliphatic carboxylic acids is 2. The molecule has 0 spiro atoms. The number of hydrogen-bond donors (Lipinski definition) is 2. The van der Waals surface area contributed by atoms with Gasteiger partial charge in [-0.2, -0.15) is 0 Å². The van der Waals surface area contributed by atoms with Gasteiger partial charge in [0.05, 0.1) is 34.2 Å². The lowest BCUT2D eigenvalue weighted by molar-refractivity contribution is -0.870. The van der Waals surface area contributed by atoms with Crippen molar-refractivity contribution in [3.8, 4) is 0 Å². The van der Waals surface area contributed by atoms with E-state index in [2.05, 4.69) is 0 Å². The number of ether oxygens (including phenoxy) is 1. The summed E-state index contributed by atoms with van der Waals surface area (Å²) in [5, 5.41) is 17.1. The number of quaternary nitrogens is 1. The van der Waals surface area contributed by atoms with Gasteiger partial charge in [-0.15, -0.1) is 0 Å². The first kappa shape index (κ1) is 17.5. The van der Waals surface area contributed by atoms with Crippen LogP contribution in [-0.2, 0) is 14.3 Å². The van der Waals surface area contributed by atoms with E-state index in [-0.39, 0.29) is 19.0 Å². The van der Waals surface area contributed by atoms with Crippen molar-refractivity contribution in [1.82, 2.24) is 0 Å². The molecule has 0 aromatic heterocycles. The largest absolute Gasteiger partial charge is 1.00 e. The van der Waals surface area contributed by atoms with E-state index < -0.39 is 24.5 Å². The van der Waals surface area contributed by atoms with Crippen molar-refractivity contribution >= 4 is 11.9 Å². The third kappa shape index (κ3) is 9.70. The Kier molecular flexibility index (Phi) is 8.14. The molecule has 6 nitrogen and oxygen atoms in total. The Bertz CT molecular complexity index is 239. The minimum absolute atomic E-state index is 0. The van der Waals surface area contributed by atoms with Crippen LogP contribution in [0.3, 0.4) is 0 Å². The molecule has 0 saturated carbocycles. The molecule has 0 aromatic carbocycles. The second-order valence-corrected chi connectivity index (χ2v) is 4.31. The number of hydrogen-bond acceptors (Lipinski definition) is 3. The zero-order chi connectivity index (χ0) is 12.1. The molecule has 0 aromatic rings. The van der Waals surface area contributed by atoms with Gasteiger partial charge >= 0.3 is 11.9 Å². The Morgan fingerprint density at radius 1 is 1.25 bits per heavy atom. The van der Waals surface area contributed by atoms with E-state index in [4.69, 9.17) is 14.9 Å². The van der Waals surface area contributed by atoms with Crippen LogP contribution in [0.25, 0.3) is 0 Å². The molecule has 0 fully saturated rings.